The van der Waals surface area contributed by atoms with Gasteiger partial charge in [0.25, 0.3) is 0 Å². The molecule has 0 saturated heterocycles. The summed E-state index contributed by atoms with van der Waals surface area (Å²) in [7, 11) is 0. The smallest absolute Gasteiger partial charge is 0.152 e. The average Bonchev–Trinajstić information content (AvgIpc) is 3.32. The molecule has 0 heterocycles. The van der Waals surface area contributed by atoms with Gasteiger partial charge in [0, 0.05) is 11.5 Å². The third kappa shape index (κ3) is 8.39. The molecule has 0 saturated carbocycles. The molecule has 2 nitrogen and oxygen atoms in total. The van der Waals surface area contributed by atoms with Crippen LogP contribution in [0.2, 0.25) is 0 Å². The molecule has 2 heteroatoms. The molecule has 0 unspecified atom stereocenters. The van der Waals surface area contributed by atoms with Crippen LogP contribution in [0.5, 0.6) is 5.75 Å². The number of allylic oxidation sites excluding steroid dienone is 3. The molecule has 0 aliphatic heterocycles. The fourth-order valence-electron chi connectivity index (χ4n) is 2.03. The van der Waals surface area contributed by atoms with Gasteiger partial charge in [0.1, 0.15) is 5.75 Å². The average molecular weight is 315 g/mol. The van der Waals surface area contributed by atoms with E-state index in [9.17, 15) is 9.90 Å². The number of aryl methyl sites for hydroxylation is 1. The number of phenols is 1. The van der Waals surface area contributed by atoms with Gasteiger partial charge in [-0.1, -0.05) is 64.3 Å². The Morgan fingerprint density at radius 2 is 1.87 bits per heavy atom. The summed E-state index contributed by atoms with van der Waals surface area (Å²) >= 11 is 0. The third-order valence-corrected chi connectivity index (χ3v) is 3.36. The number of hydrogen-bond acceptors (Lipinski definition) is 2. The molecule has 0 amide bonds. The highest BCUT2D eigenvalue weighted by Crippen LogP contribution is 2.46. The van der Waals surface area contributed by atoms with Gasteiger partial charge in [0.2, 0.25) is 0 Å². The van der Waals surface area contributed by atoms with E-state index in [1.54, 1.807) is 6.07 Å². The monoisotopic (exact) mass is 315 g/mol. The zero-order valence-electron chi connectivity index (χ0n) is 15.3. The van der Waals surface area contributed by atoms with Crippen LogP contribution in [-0.2, 0) is 4.79 Å². The van der Waals surface area contributed by atoms with E-state index in [1.165, 1.54) is 49.3 Å². The van der Waals surface area contributed by atoms with Crippen molar-refractivity contribution in [2.45, 2.75) is 60.3 Å². The van der Waals surface area contributed by atoms with Gasteiger partial charge in [0.15, 0.2) is 5.78 Å². The number of ketones is 1. The number of phenolic OH excluding ortho intramolecular Hbond substituents is 1. The summed E-state index contributed by atoms with van der Waals surface area (Å²) in [6.45, 7) is 13.0. The molecule has 0 spiro atoms. The van der Waals surface area contributed by atoms with E-state index in [4.69, 9.17) is 0 Å². The summed E-state index contributed by atoms with van der Waals surface area (Å²) in [6.07, 6.45) is 8.46. The van der Waals surface area contributed by atoms with Gasteiger partial charge in [0.05, 0.1) is 0 Å². The number of aromatic hydroxyl groups is 1. The number of unbranched alkanes of at least 4 members (excludes halogenated alkanes) is 2. The number of carbonyl (C=O) groups is 1. The second-order valence-electron chi connectivity index (χ2n) is 5.38. The van der Waals surface area contributed by atoms with Crippen molar-refractivity contribution in [1.29, 1.82) is 0 Å². The Bertz CT molecular complexity index is 527. The predicted molar refractivity (Wildman–Crippen MR) is 100 cm³/mol. The third-order valence-electron chi connectivity index (χ3n) is 3.36. The van der Waals surface area contributed by atoms with Crippen LogP contribution in [0.4, 0.5) is 0 Å². The summed E-state index contributed by atoms with van der Waals surface area (Å²) in [5.74, 6) is 1.85. The molecule has 0 aromatic heterocycles. The van der Waals surface area contributed by atoms with Gasteiger partial charge in [-0.3, -0.25) is 4.79 Å². The summed E-state index contributed by atoms with van der Waals surface area (Å²) in [6, 6.07) is 5.79. The maximum Gasteiger partial charge on any atom is 0.152 e. The number of benzene rings is 1. The summed E-state index contributed by atoms with van der Waals surface area (Å²) < 4.78 is 0. The molecule has 0 bridgehead atoms. The van der Waals surface area contributed by atoms with Crippen LogP contribution in [-0.4, -0.2) is 10.9 Å². The lowest BCUT2D eigenvalue weighted by atomic mass is 10.0. The Balaban J connectivity index is 0.000000594. The molecule has 1 aliphatic rings. The Labute approximate surface area is 141 Å². The molecule has 1 aliphatic carbocycles. The minimum absolute atomic E-state index is 0.0185. The van der Waals surface area contributed by atoms with Crippen molar-refractivity contribution in [3.05, 3.63) is 54.0 Å². The van der Waals surface area contributed by atoms with Gasteiger partial charge in [-0.2, -0.15) is 0 Å². The van der Waals surface area contributed by atoms with Crippen molar-refractivity contribution < 1.29 is 9.90 Å². The van der Waals surface area contributed by atoms with Gasteiger partial charge in [-0.25, -0.2) is 0 Å². The molecule has 2 rings (SSSR count). The van der Waals surface area contributed by atoms with E-state index in [1.807, 2.05) is 19.9 Å². The summed E-state index contributed by atoms with van der Waals surface area (Å²) in [5.41, 5.74) is 3.47. The van der Waals surface area contributed by atoms with Crippen molar-refractivity contribution >= 4 is 11.4 Å². The fourth-order valence-corrected chi connectivity index (χ4v) is 2.03. The molecule has 1 aromatic carbocycles. The van der Waals surface area contributed by atoms with Crippen LogP contribution in [0.3, 0.4) is 0 Å². The Morgan fingerprint density at radius 3 is 2.39 bits per heavy atom. The van der Waals surface area contributed by atoms with Gasteiger partial charge in [-0.15, -0.1) is 0 Å². The fraction of sp³-hybridized carbons (Fsp3) is 0.429. The number of carbonyl (C=O) groups excluding carboxylic acids is 1. The minimum Gasteiger partial charge on any atom is -0.507 e. The van der Waals surface area contributed by atoms with Crippen LogP contribution in [0.25, 0.3) is 5.57 Å². The summed E-state index contributed by atoms with van der Waals surface area (Å²) in [5, 5.41) is 9.78. The quantitative estimate of drug-likeness (QED) is 0.513. The topological polar surface area (TPSA) is 37.3 Å². The standard InChI is InChI=1S/C15H19O.C4H6O.C2H6/c1-3-4-5-6-12-10-13(12)14-9-11(2)7-8-15(14)16;1-3-4(2)5;1-2/h7-10,16H,3-6H2,1-2H3;3H,1H2,2H3;1-2H3. The highest BCUT2D eigenvalue weighted by atomic mass is 16.3. The maximum atomic E-state index is 9.78. The Morgan fingerprint density at radius 1 is 1.26 bits per heavy atom. The van der Waals surface area contributed by atoms with Crippen LogP contribution < -0.4 is 0 Å². The summed E-state index contributed by atoms with van der Waals surface area (Å²) in [4.78, 5) is 9.69. The molecule has 1 N–H and O–H groups in total. The molecule has 0 atom stereocenters. The van der Waals surface area contributed by atoms with Crippen molar-refractivity contribution in [3.8, 4) is 5.75 Å². The van der Waals surface area contributed by atoms with Crippen LogP contribution >= 0.6 is 0 Å². The molecule has 1 aromatic rings. The van der Waals surface area contributed by atoms with E-state index >= 15 is 0 Å². The van der Waals surface area contributed by atoms with E-state index in [0.29, 0.717) is 5.75 Å². The molecular formula is C21H31O2. The first-order valence-corrected chi connectivity index (χ1v) is 8.50. The first-order valence-electron chi connectivity index (χ1n) is 8.50. The largest absolute Gasteiger partial charge is 0.507 e. The lowest BCUT2D eigenvalue weighted by Crippen LogP contribution is -1.84. The molecule has 1 radical (unpaired) electrons. The number of rotatable bonds is 6. The van der Waals surface area contributed by atoms with Crippen molar-refractivity contribution in [3.63, 3.8) is 0 Å². The molecule has 23 heavy (non-hydrogen) atoms. The van der Waals surface area contributed by atoms with Crippen molar-refractivity contribution in [2.24, 2.45) is 0 Å². The van der Waals surface area contributed by atoms with Crippen molar-refractivity contribution in [2.75, 3.05) is 0 Å². The lowest BCUT2D eigenvalue weighted by Gasteiger charge is -2.04. The Hall–Kier alpha value is -1.83. The van der Waals surface area contributed by atoms with Crippen LogP contribution in [0.15, 0.2) is 36.9 Å². The zero-order valence-corrected chi connectivity index (χ0v) is 15.3. The predicted octanol–water partition coefficient (Wildman–Crippen LogP) is 6.04. The van der Waals surface area contributed by atoms with Gasteiger partial charge < -0.3 is 5.11 Å². The van der Waals surface area contributed by atoms with E-state index in [-0.39, 0.29) is 5.78 Å². The Kier molecular flexibility index (Phi) is 10.8. The van der Waals surface area contributed by atoms with Crippen LogP contribution in [0, 0.1) is 12.8 Å². The zero-order chi connectivity index (χ0) is 17.8. The molecule has 0 fully saturated rings. The second-order valence-corrected chi connectivity index (χ2v) is 5.38. The van der Waals surface area contributed by atoms with Crippen molar-refractivity contribution in [1.82, 2.24) is 0 Å². The first-order chi connectivity index (χ1) is 11.0. The second kappa shape index (κ2) is 11.7. The van der Waals surface area contributed by atoms with Crippen LogP contribution in [0.1, 0.15) is 64.5 Å². The maximum absolute atomic E-state index is 9.78. The lowest BCUT2D eigenvalue weighted by molar-refractivity contribution is -0.112. The number of hydrogen-bond donors (Lipinski definition) is 1. The highest BCUT2D eigenvalue weighted by molar-refractivity contribution is 5.95. The first kappa shape index (κ1) is 21.2. The highest BCUT2D eigenvalue weighted by Gasteiger charge is 2.27. The van der Waals surface area contributed by atoms with E-state index in [0.717, 1.165) is 12.0 Å². The SMILES string of the molecule is C=CC(C)=O.CC.CCCCC[C]1C=C1c1cc(C)ccc1O. The van der Waals surface area contributed by atoms with Gasteiger partial charge in [-0.05, 0) is 44.1 Å². The molecule has 127 valence electrons. The van der Waals surface area contributed by atoms with E-state index in [2.05, 4.69) is 32.6 Å². The minimum atomic E-state index is 0.0185. The normalized spacial score (nSPS) is 12.1. The van der Waals surface area contributed by atoms with Gasteiger partial charge >= 0.3 is 0 Å². The van der Waals surface area contributed by atoms with E-state index < -0.39 is 0 Å². The molecular weight excluding hydrogens is 284 g/mol.